The van der Waals surface area contributed by atoms with Gasteiger partial charge in [0.05, 0.1) is 29.6 Å². The molecule has 2 aromatic carbocycles. The molecule has 3 heterocycles. The molecular formula is C25H27N3O3. The van der Waals surface area contributed by atoms with E-state index in [-0.39, 0.29) is 17.7 Å². The van der Waals surface area contributed by atoms with E-state index in [9.17, 15) is 4.79 Å². The monoisotopic (exact) mass is 417 g/mol. The van der Waals surface area contributed by atoms with Crippen molar-refractivity contribution in [3.63, 3.8) is 0 Å². The highest BCUT2D eigenvalue weighted by atomic mass is 16.5. The van der Waals surface area contributed by atoms with Crippen molar-refractivity contribution in [3.05, 3.63) is 53.7 Å². The van der Waals surface area contributed by atoms with E-state index < -0.39 is 0 Å². The van der Waals surface area contributed by atoms with Crippen molar-refractivity contribution in [2.24, 2.45) is 5.92 Å². The standard InChI is InChI=1S/C25H27N3O3/c1-25(2)14-31-21-12-17(24(29)30-3)10-18-22(21)28(25)23(26-18)20-11-16-6-4-5-7-19(16)27(20)13-15-8-9-15/h4-7,10-12,15,23,26H,8-9,13-14H2,1-3H3. The van der Waals surface area contributed by atoms with Crippen molar-refractivity contribution < 1.29 is 14.3 Å². The number of rotatable bonds is 4. The Hall–Kier alpha value is -3.15. The lowest BCUT2D eigenvalue weighted by atomic mass is 9.99. The summed E-state index contributed by atoms with van der Waals surface area (Å²) in [5.41, 5.74) is 4.77. The summed E-state index contributed by atoms with van der Waals surface area (Å²) in [6.07, 6.45) is 2.58. The molecule has 6 heteroatoms. The van der Waals surface area contributed by atoms with Gasteiger partial charge in [0, 0.05) is 17.4 Å². The lowest BCUT2D eigenvalue weighted by Crippen LogP contribution is -2.52. The van der Waals surface area contributed by atoms with Gasteiger partial charge in [0.25, 0.3) is 0 Å². The molecule has 0 saturated heterocycles. The van der Waals surface area contributed by atoms with Crippen LogP contribution in [0.3, 0.4) is 0 Å². The van der Waals surface area contributed by atoms with Gasteiger partial charge < -0.3 is 24.3 Å². The Labute approximate surface area is 181 Å². The normalized spacial score (nSPS) is 20.9. The van der Waals surface area contributed by atoms with E-state index in [1.165, 1.54) is 36.5 Å². The first-order valence-corrected chi connectivity index (χ1v) is 11.0. The van der Waals surface area contributed by atoms with Crippen LogP contribution in [0.2, 0.25) is 0 Å². The van der Waals surface area contributed by atoms with Gasteiger partial charge in [0.15, 0.2) is 0 Å². The van der Waals surface area contributed by atoms with E-state index in [0.717, 1.165) is 29.6 Å². The molecule has 1 saturated carbocycles. The van der Waals surface area contributed by atoms with Crippen LogP contribution < -0.4 is 15.0 Å². The average Bonchev–Trinajstić information content (AvgIpc) is 3.38. The number of benzene rings is 2. The molecule has 1 atom stereocenters. The van der Waals surface area contributed by atoms with Crippen molar-refractivity contribution in [3.8, 4) is 5.75 Å². The van der Waals surface area contributed by atoms with E-state index in [0.29, 0.717) is 12.2 Å². The number of anilines is 2. The fraction of sp³-hybridized carbons (Fsp3) is 0.400. The molecule has 0 bridgehead atoms. The van der Waals surface area contributed by atoms with Crippen LogP contribution in [-0.2, 0) is 11.3 Å². The van der Waals surface area contributed by atoms with Gasteiger partial charge in [-0.1, -0.05) is 18.2 Å². The SMILES string of the molecule is COC(=O)c1cc2c3c(c1)OCC(C)(C)N3C(c1cc3ccccc3n1CC1CC1)N2. The van der Waals surface area contributed by atoms with E-state index >= 15 is 0 Å². The molecule has 1 fully saturated rings. The molecule has 1 aliphatic carbocycles. The van der Waals surface area contributed by atoms with Crippen LogP contribution in [0, 0.1) is 5.92 Å². The maximum absolute atomic E-state index is 12.2. The molecule has 31 heavy (non-hydrogen) atoms. The second-order valence-electron chi connectivity index (χ2n) is 9.56. The van der Waals surface area contributed by atoms with Gasteiger partial charge in [-0.25, -0.2) is 4.79 Å². The summed E-state index contributed by atoms with van der Waals surface area (Å²) in [7, 11) is 1.41. The molecule has 0 radical (unpaired) electrons. The molecular weight excluding hydrogens is 390 g/mol. The maximum Gasteiger partial charge on any atom is 0.338 e. The first-order chi connectivity index (χ1) is 15.0. The largest absolute Gasteiger partial charge is 0.489 e. The summed E-state index contributed by atoms with van der Waals surface area (Å²) in [6.45, 7) is 6.01. The number of para-hydroxylation sites is 1. The minimum atomic E-state index is -0.355. The summed E-state index contributed by atoms with van der Waals surface area (Å²) in [5, 5.41) is 4.98. The highest BCUT2D eigenvalue weighted by Crippen LogP contribution is 2.54. The second kappa shape index (κ2) is 6.42. The fourth-order valence-electron chi connectivity index (χ4n) is 5.06. The maximum atomic E-state index is 12.2. The van der Waals surface area contributed by atoms with Gasteiger partial charge in [0.2, 0.25) is 0 Å². The third-order valence-electron chi connectivity index (χ3n) is 6.78. The first-order valence-electron chi connectivity index (χ1n) is 11.0. The number of aromatic nitrogens is 1. The number of carbonyl (C=O) groups excluding carboxylic acids is 1. The number of hydrogen-bond donors (Lipinski definition) is 1. The number of esters is 1. The Morgan fingerprint density at radius 1 is 1.23 bits per heavy atom. The number of fused-ring (bicyclic) bond motifs is 1. The van der Waals surface area contributed by atoms with Gasteiger partial charge in [0.1, 0.15) is 24.2 Å². The van der Waals surface area contributed by atoms with Crippen LogP contribution >= 0.6 is 0 Å². The van der Waals surface area contributed by atoms with Crippen LogP contribution in [0.5, 0.6) is 5.75 Å². The molecule has 0 amide bonds. The van der Waals surface area contributed by atoms with Gasteiger partial charge in [-0.2, -0.15) is 0 Å². The lowest BCUT2D eigenvalue weighted by molar-refractivity contribution is 0.0600. The Balaban J connectivity index is 1.52. The molecule has 1 aromatic heterocycles. The van der Waals surface area contributed by atoms with Crippen LogP contribution in [0.15, 0.2) is 42.5 Å². The smallest absolute Gasteiger partial charge is 0.338 e. The van der Waals surface area contributed by atoms with E-state index in [4.69, 9.17) is 9.47 Å². The molecule has 3 aliphatic rings. The zero-order chi connectivity index (χ0) is 21.3. The minimum Gasteiger partial charge on any atom is -0.489 e. The first kappa shape index (κ1) is 18.6. The van der Waals surface area contributed by atoms with Crippen molar-refractivity contribution in [1.29, 1.82) is 0 Å². The predicted octanol–water partition coefficient (Wildman–Crippen LogP) is 4.94. The summed E-state index contributed by atoms with van der Waals surface area (Å²) < 4.78 is 13.6. The molecule has 1 N–H and O–H groups in total. The summed E-state index contributed by atoms with van der Waals surface area (Å²) in [4.78, 5) is 14.7. The quantitative estimate of drug-likeness (QED) is 0.610. The molecule has 3 aromatic rings. The second-order valence-corrected chi connectivity index (χ2v) is 9.56. The number of carbonyl (C=O) groups is 1. The number of methoxy groups -OCH3 is 1. The van der Waals surface area contributed by atoms with Crippen LogP contribution in [0.4, 0.5) is 11.4 Å². The Kier molecular flexibility index (Phi) is 3.86. The molecule has 2 aliphatic heterocycles. The van der Waals surface area contributed by atoms with Crippen LogP contribution in [0.25, 0.3) is 10.9 Å². The van der Waals surface area contributed by atoms with E-state index in [1.54, 1.807) is 6.07 Å². The Morgan fingerprint density at radius 3 is 2.81 bits per heavy atom. The lowest BCUT2D eigenvalue weighted by Gasteiger charge is -2.44. The average molecular weight is 418 g/mol. The zero-order valence-corrected chi connectivity index (χ0v) is 18.1. The molecule has 6 nitrogen and oxygen atoms in total. The molecule has 160 valence electrons. The zero-order valence-electron chi connectivity index (χ0n) is 18.1. The summed E-state index contributed by atoms with van der Waals surface area (Å²) in [6, 6.07) is 14.6. The Morgan fingerprint density at radius 2 is 2.03 bits per heavy atom. The van der Waals surface area contributed by atoms with Crippen molar-refractivity contribution >= 4 is 28.2 Å². The third kappa shape index (κ3) is 2.81. The number of ether oxygens (including phenoxy) is 2. The number of nitrogens with zero attached hydrogens (tertiary/aromatic N) is 2. The van der Waals surface area contributed by atoms with E-state index in [2.05, 4.69) is 59.0 Å². The summed E-state index contributed by atoms with van der Waals surface area (Å²) in [5.74, 6) is 1.14. The fourth-order valence-corrected chi connectivity index (χ4v) is 5.06. The van der Waals surface area contributed by atoms with Gasteiger partial charge in [-0.3, -0.25) is 0 Å². The highest BCUT2D eigenvalue weighted by molar-refractivity contribution is 5.96. The van der Waals surface area contributed by atoms with Crippen molar-refractivity contribution in [2.45, 2.75) is 44.9 Å². The van der Waals surface area contributed by atoms with Crippen molar-refractivity contribution in [2.75, 3.05) is 23.9 Å². The molecule has 6 rings (SSSR count). The highest BCUT2D eigenvalue weighted by Gasteiger charge is 2.46. The van der Waals surface area contributed by atoms with Gasteiger partial charge >= 0.3 is 5.97 Å². The topological polar surface area (TPSA) is 55.7 Å². The summed E-state index contributed by atoms with van der Waals surface area (Å²) >= 11 is 0. The number of nitrogens with one attached hydrogen (secondary N) is 1. The predicted molar refractivity (Wildman–Crippen MR) is 121 cm³/mol. The van der Waals surface area contributed by atoms with Crippen molar-refractivity contribution in [1.82, 2.24) is 4.57 Å². The minimum absolute atomic E-state index is 0.0355. The van der Waals surface area contributed by atoms with Crippen LogP contribution in [0.1, 0.15) is 48.9 Å². The molecule has 0 spiro atoms. The molecule has 1 unspecified atom stereocenters. The number of hydrogen-bond acceptors (Lipinski definition) is 5. The van der Waals surface area contributed by atoms with Gasteiger partial charge in [-0.15, -0.1) is 0 Å². The Bertz CT molecular complexity index is 1210. The van der Waals surface area contributed by atoms with E-state index in [1.807, 2.05) is 6.07 Å². The third-order valence-corrected chi connectivity index (χ3v) is 6.78. The van der Waals surface area contributed by atoms with Crippen LogP contribution in [-0.4, -0.2) is 29.8 Å². The van der Waals surface area contributed by atoms with Gasteiger partial charge in [-0.05, 0) is 56.9 Å².